The molecule has 0 aromatic heterocycles. The van der Waals surface area contributed by atoms with Crippen LogP contribution in [0.3, 0.4) is 0 Å². The first-order chi connectivity index (χ1) is 6.75. The van der Waals surface area contributed by atoms with Gasteiger partial charge in [-0.3, -0.25) is 4.79 Å². The predicted molar refractivity (Wildman–Crippen MR) is 52.8 cm³/mol. The van der Waals surface area contributed by atoms with Crippen molar-refractivity contribution in [2.24, 2.45) is 5.92 Å². The molecule has 0 aromatic rings. The molecule has 1 amide bonds. The molecule has 1 aliphatic carbocycles. The van der Waals surface area contributed by atoms with Gasteiger partial charge in [0.15, 0.2) is 0 Å². The molecule has 1 unspecified atom stereocenters. The fourth-order valence-electron chi connectivity index (χ4n) is 2.10. The maximum atomic E-state index is 11.7. The second-order valence-corrected chi connectivity index (χ2v) is 4.37. The van der Waals surface area contributed by atoms with E-state index >= 15 is 0 Å². The van der Waals surface area contributed by atoms with E-state index in [4.69, 9.17) is 5.11 Å². The Bertz CT molecular complexity index is 208. The molecule has 0 spiro atoms. The van der Waals surface area contributed by atoms with Gasteiger partial charge in [-0.15, -0.1) is 0 Å². The van der Waals surface area contributed by atoms with Gasteiger partial charge in [-0.1, -0.05) is 0 Å². The van der Waals surface area contributed by atoms with Crippen LogP contribution in [0.4, 0.5) is 0 Å². The normalized spacial score (nSPS) is 37.4. The molecule has 1 heterocycles. The van der Waals surface area contributed by atoms with Gasteiger partial charge in [-0.25, -0.2) is 0 Å². The minimum absolute atomic E-state index is 0.140. The number of hydrogen-bond acceptors (Lipinski definition) is 3. The molecule has 2 rings (SSSR count). The lowest BCUT2D eigenvalue weighted by molar-refractivity contribution is -0.127. The summed E-state index contributed by atoms with van der Waals surface area (Å²) in [5.41, 5.74) is 0. The van der Waals surface area contributed by atoms with E-state index in [0.717, 1.165) is 38.8 Å². The Balaban J connectivity index is 1.71. The fourth-order valence-corrected chi connectivity index (χ4v) is 2.10. The van der Waals surface area contributed by atoms with E-state index in [9.17, 15) is 4.79 Å². The van der Waals surface area contributed by atoms with Gasteiger partial charge >= 0.3 is 0 Å². The molecule has 1 atom stereocenters. The summed E-state index contributed by atoms with van der Waals surface area (Å²) < 4.78 is 0. The lowest BCUT2D eigenvalue weighted by Gasteiger charge is -2.33. The van der Waals surface area contributed by atoms with Crippen LogP contribution in [0.15, 0.2) is 0 Å². The highest BCUT2D eigenvalue weighted by molar-refractivity contribution is 5.79. The molecule has 0 aromatic carbocycles. The first-order valence-electron chi connectivity index (χ1n) is 5.45. The molecule has 80 valence electrons. The predicted octanol–water partition coefficient (Wildman–Crippen LogP) is -0.375. The molecule has 0 radical (unpaired) electrons. The van der Waals surface area contributed by atoms with E-state index in [1.807, 2.05) is 0 Å². The summed E-state index contributed by atoms with van der Waals surface area (Å²) in [4.78, 5) is 11.7. The average Bonchev–Trinajstić information content (AvgIpc) is 2.17. The van der Waals surface area contributed by atoms with E-state index in [2.05, 4.69) is 10.6 Å². The van der Waals surface area contributed by atoms with Crippen molar-refractivity contribution in [1.29, 1.82) is 0 Å². The molecule has 1 saturated heterocycles. The summed E-state index contributed by atoms with van der Waals surface area (Å²) in [5, 5.41) is 15.3. The molecule has 1 aliphatic heterocycles. The van der Waals surface area contributed by atoms with Crippen LogP contribution in [-0.4, -0.2) is 36.2 Å². The molecular weight excluding hydrogens is 180 g/mol. The first kappa shape index (κ1) is 9.93. The molecule has 3 N–H and O–H groups in total. The fraction of sp³-hybridized carbons (Fsp3) is 0.900. The quantitative estimate of drug-likeness (QED) is 0.567. The van der Waals surface area contributed by atoms with Crippen LogP contribution < -0.4 is 10.6 Å². The number of piperidine rings is 1. The smallest absolute Gasteiger partial charge is 0.224 e. The van der Waals surface area contributed by atoms with Gasteiger partial charge < -0.3 is 15.7 Å². The molecule has 1 saturated carbocycles. The number of aliphatic hydroxyl groups excluding tert-OH is 1. The highest BCUT2D eigenvalue weighted by atomic mass is 16.3. The molecule has 14 heavy (non-hydrogen) atoms. The van der Waals surface area contributed by atoms with Crippen molar-refractivity contribution in [2.45, 2.75) is 37.8 Å². The van der Waals surface area contributed by atoms with Crippen molar-refractivity contribution in [3.8, 4) is 0 Å². The maximum Gasteiger partial charge on any atom is 0.224 e. The third-order valence-corrected chi connectivity index (χ3v) is 3.13. The topological polar surface area (TPSA) is 61.4 Å². The standard InChI is InChI=1S/C10H18N2O2/c13-9-4-8(5-9)12-10(14)7-2-1-3-11-6-7/h7-9,11,13H,1-6H2,(H,12,14). The van der Waals surface area contributed by atoms with Gasteiger partial charge in [0.2, 0.25) is 5.91 Å². The highest BCUT2D eigenvalue weighted by Gasteiger charge is 2.30. The van der Waals surface area contributed by atoms with Crippen molar-refractivity contribution in [1.82, 2.24) is 10.6 Å². The van der Waals surface area contributed by atoms with Crippen molar-refractivity contribution in [3.05, 3.63) is 0 Å². The van der Waals surface area contributed by atoms with Crippen molar-refractivity contribution < 1.29 is 9.90 Å². The number of aliphatic hydroxyl groups is 1. The van der Waals surface area contributed by atoms with Gasteiger partial charge in [-0.05, 0) is 32.2 Å². The summed E-state index contributed by atoms with van der Waals surface area (Å²) in [5.74, 6) is 0.301. The van der Waals surface area contributed by atoms with Crippen LogP contribution >= 0.6 is 0 Å². The maximum absolute atomic E-state index is 11.7. The van der Waals surface area contributed by atoms with Crippen LogP contribution in [0, 0.1) is 5.92 Å². The summed E-state index contributed by atoms with van der Waals surface area (Å²) in [6.07, 6.45) is 3.35. The van der Waals surface area contributed by atoms with Crippen molar-refractivity contribution >= 4 is 5.91 Å². The Morgan fingerprint density at radius 1 is 1.43 bits per heavy atom. The number of carbonyl (C=O) groups is 1. The van der Waals surface area contributed by atoms with Crippen LogP contribution in [0.5, 0.6) is 0 Å². The third-order valence-electron chi connectivity index (χ3n) is 3.13. The molecule has 4 heteroatoms. The van der Waals surface area contributed by atoms with Gasteiger partial charge in [0.05, 0.1) is 12.0 Å². The second kappa shape index (κ2) is 4.28. The second-order valence-electron chi connectivity index (χ2n) is 4.37. The lowest BCUT2D eigenvalue weighted by atomic mass is 9.88. The van der Waals surface area contributed by atoms with Crippen molar-refractivity contribution in [2.75, 3.05) is 13.1 Å². The Hall–Kier alpha value is -0.610. The zero-order valence-corrected chi connectivity index (χ0v) is 8.33. The van der Waals surface area contributed by atoms with E-state index in [1.165, 1.54) is 0 Å². The molecule has 4 nitrogen and oxygen atoms in total. The molecule has 2 aliphatic rings. The Labute approximate surface area is 84.1 Å². The number of carbonyl (C=O) groups excluding carboxylic acids is 1. The largest absolute Gasteiger partial charge is 0.393 e. The number of rotatable bonds is 2. The average molecular weight is 198 g/mol. The minimum atomic E-state index is -0.190. The third kappa shape index (κ3) is 2.25. The minimum Gasteiger partial charge on any atom is -0.393 e. The van der Waals surface area contributed by atoms with Gasteiger partial charge in [0.1, 0.15) is 0 Å². The number of hydrogen-bond donors (Lipinski definition) is 3. The Kier molecular flexibility index (Phi) is 3.03. The van der Waals surface area contributed by atoms with Gasteiger partial charge in [0, 0.05) is 12.6 Å². The zero-order valence-electron chi connectivity index (χ0n) is 8.33. The monoisotopic (exact) mass is 198 g/mol. The van der Waals surface area contributed by atoms with E-state index in [1.54, 1.807) is 0 Å². The van der Waals surface area contributed by atoms with E-state index < -0.39 is 0 Å². The summed E-state index contributed by atoms with van der Waals surface area (Å²) >= 11 is 0. The van der Waals surface area contributed by atoms with Gasteiger partial charge in [-0.2, -0.15) is 0 Å². The highest BCUT2D eigenvalue weighted by Crippen LogP contribution is 2.20. The SMILES string of the molecule is O=C(NC1CC(O)C1)C1CCCNC1. The van der Waals surface area contributed by atoms with Gasteiger partial charge in [0.25, 0.3) is 0 Å². The Morgan fingerprint density at radius 3 is 2.79 bits per heavy atom. The lowest BCUT2D eigenvalue weighted by Crippen LogP contribution is -2.50. The van der Waals surface area contributed by atoms with Crippen LogP contribution in [-0.2, 0) is 4.79 Å². The summed E-state index contributed by atoms with van der Waals surface area (Å²) in [6, 6.07) is 0.222. The molecular formula is C10H18N2O2. The van der Waals surface area contributed by atoms with E-state index in [0.29, 0.717) is 0 Å². The van der Waals surface area contributed by atoms with Crippen molar-refractivity contribution in [3.63, 3.8) is 0 Å². The number of nitrogens with one attached hydrogen (secondary N) is 2. The van der Waals surface area contributed by atoms with Crippen LogP contribution in [0.2, 0.25) is 0 Å². The molecule has 2 fully saturated rings. The zero-order chi connectivity index (χ0) is 9.97. The summed E-state index contributed by atoms with van der Waals surface area (Å²) in [7, 11) is 0. The first-order valence-corrected chi connectivity index (χ1v) is 5.45. The summed E-state index contributed by atoms with van der Waals surface area (Å²) in [6.45, 7) is 1.84. The number of amides is 1. The van der Waals surface area contributed by atoms with E-state index in [-0.39, 0.29) is 24.0 Å². The van der Waals surface area contributed by atoms with Crippen LogP contribution in [0.25, 0.3) is 0 Å². The molecule has 0 bridgehead atoms. The van der Waals surface area contributed by atoms with Crippen LogP contribution in [0.1, 0.15) is 25.7 Å². The Morgan fingerprint density at radius 2 is 2.21 bits per heavy atom.